The van der Waals surface area contributed by atoms with Gasteiger partial charge in [-0.25, -0.2) is 0 Å². The first-order chi connectivity index (χ1) is 5.33. The maximum Gasteiger partial charge on any atom is 0.0406 e. The van der Waals surface area contributed by atoms with Crippen LogP contribution in [0.25, 0.3) is 0 Å². The zero-order valence-corrected chi connectivity index (χ0v) is 7.64. The molecule has 0 amide bonds. The lowest BCUT2D eigenvalue weighted by molar-refractivity contribution is 0.891. The summed E-state index contributed by atoms with van der Waals surface area (Å²) in [6.45, 7) is 2.09. The number of aryl methyl sites for hydroxylation is 2. The van der Waals surface area contributed by atoms with Crippen molar-refractivity contribution in [3.63, 3.8) is 0 Å². The number of hydrogen-bond acceptors (Lipinski definition) is 2. The molecule has 2 heteroatoms. The molecule has 0 fully saturated rings. The van der Waals surface area contributed by atoms with Crippen LogP contribution in [0, 0.1) is 6.92 Å². The van der Waals surface area contributed by atoms with Gasteiger partial charge in [-0.05, 0) is 43.2 Å². The fourth-order valence-electron chi connectivity index (χ4n) is 0.996. The molecule has 0 radical (unpaired) electrons. The SMILES string of the molecule is Cc1ccnc(CCCS)c1. The summed E-state index contributed by atoms with van der Waals surface area (Å²) in [5, 5.41) is 0. The molecule has 0 spiro atoms. The third-order valence-electron chi connectivity index (χ3n) is 1.56. The van der Waals surface area contributed by atoms with Gasteiger partial charge >= 0.3 is 0 Å². The average molecular weight is 167 g/mol. The van der Waals surface area contributed by atoms with E-state index in [2.05, 4.69) is 30.6 Å². The highest BCUT2D eigenvalue weighted by molar-refractivity contribution is 7.80. The lowest BCUT2D eigenvalue weighted by Crippen LogP contribution is -1.90. The quantitative estimate of drug-likeness (QED) is 0.681. The minimum absolute atomic E-state index is 0.940. The summed E-state index contributed by atoms with van der Waals surface area (Å²) >= 11 is 4.15. The van der Waals surface area contributed by atoms with Gasteiger partial charge in [0, 0.05) is 11.9 Å². The number of aromatic nitrogens is 1. The number of pyridine rings is 1. The van der Waals surface area contributed by atoms with Crippen molar-refractivity contribution in [1.82, 2.24) is 4.98 Å². The fraction of sp³-hybridized carbons (Fsp3) is 0.444. The van der Waals surface area contributed by atoms with Crippen molar-refractivity contribution < 1.29 is 0 Å². The van der Waals surface area contributed by atoms with Gasteiger partial charge in [0.2, 0.25) is 0 Å². The molecule has 1 nitrogen and oxygen atoms in total. The molecule has 0 atom stereocenters. The van der Waals surface area contributed by atoms with Crippen LogP contribution in [0.4, 0.5) is 0 Å². The van der Waals surface area contributed by atoms with E-state index in [1.807, 2.05) is 12.3 Å². The lowest BCUT2D eigenvalue weighted by atomic mass is 10.2. The molecule has 0 N–H and O–H groups in total. The first kappa shape index (κ1) is 8.60. The maximum absolute atomic E-state index is 4.24. The molecule has 0 saturated heterocycles. The van der Waals surface area contributed by atoms with Gasteiger partial charge in [0.15, 0.2) is 0 Å². The summed E-state index contributed by atoms with van der Waals surface area (Å²) in [6.07, 6.45) is 4.02. The van der Waals surface area contributed by atoms with Gasteiger partial charge < -0.3 is 0 Å². The normalized spacial score (nSPS) is 10.0. The van der Waals surface area contributed by atoms with Crippen molar-refractivity contribution in [2.75, 3.05) is 5.75 Å². The monoisotopic (exact) mass is 167 g/mol. The van der Waals surface area contributed by atoms with Crippen LogP contribution in [0.1, 0.15) is 17.7 Å². The molecule has 0 unspecified atom stereocenters. The number of nitrogens with zero attached hydrogens (tertiary/aromatic N) is 1. The summed E-state index contributed by atoms with van der Waals surface area (Å²) in [5.74, 6) is 0.940. The summed E-state index contributed by atoms with van der Waals surface area (Å²) in [6, 6.07) is 4.15. The fourth-order valence-corrected chi connectivity index (χ4v) is 1.15. The smallest absolute Gasteiger partial charge is 0.0406 e. The molecule has 60 valence electrons. The third-order valence-corrected chi connectivity index (χ3v) is 1.88. The van der Waals surface area contributed by atoms with E-state index in [1.54, 1.807) is 0 Å². The van der Waals surface area contributed by atoms with Crippen LogP contribution in [-0.2, 0) is 6.42 Å². The Kier molecular flexibility index (Phi) is 3.43. The second-order valence-electron chi connectivity index (χ2n) is 2.65. The van der Waals surface area contributed by atoms with Gasteiger partial charge in [0.05, 0.1) is 0 Å². The van der Waals surface area contributed by atoms with Gasteiger partial charge in [-0.2, -0.15) is 12.6 Å². The topological polar surface area (TPSA) is 12.9 Å². The van der Waals surface area contributed by atoms with E-state index in [-0.39, 0.29) is 0 Å². The summed E-state index contributed by atoms with van der Waals surface area (Å²) < 4.78 is 0. The Morgan fingerprint density at radius 1 is 1.55 bits per heavy atom. The van der Waals surface area contributed by atoms with Crippen molar-refractivity contribution >= 4 is 12.6 Å². The Morgan fingerprint density at radius 2 is 2.36 bits per heavy atom. The lowest BCUT2D eigenvalue weighted by Gasteiger charge is -1.98. The van der Waals surface area contributed by atoms with Gasteiger partial charge in [0.1, 0.15) is 0 Å². The molecule has 11 heavy (non-hydrogen) atoms. The standard InChI is InChI=1S/C9H13NS/c1-8-4-5-10-9(7-8)3-2-6-11/h4-5,7,11H,2-3,6H2,1H3. The third kappa shape index (κ3) is 2.93. The Hall–Kier alpha value is -0.500. The molecule has 0 saturated carbocycles. The maximum atomic E-state index is 4.24. The molecule has 0 aliphatic carbocycles. The first-order valence-corrected chi connectivity index (χ1v) is 4.48. The van der Waals surface area contributed by atoms with E-state index >= 15 is 0 Å². The second kappa shape index (κ2) is 4.39. The minimum atomic E-state index is 0.940. The summed E-state index contributed by atoms with van der Waals surface area (Å²) in [4.78, 5) is 4.24. The van der Waals surface area contributed by atoms with Crippen LogP contribution in [-0.4, -0.2) is 10.7 Å². The second-order valence-corrected chi connectivity index (χ2v) is 3.10. The van der Waals surface area contributed by atoms with Gasteiger partial charge in [-0.1, -0.05) is 0 Å². The highest BCUT2D eigenvalue weighted by atomic mass is 32.1. The number of thiol groups is 1. The zero-order chi connectivity index (χ0) is 8.10. The molecule has 0 bridgehead atoms. The highest BCUT2D eigenvalue weighted by Gasteiger charge is 1.92. The number of rotatable bonds is 3. The van der Waals surface area contributed by atoms with Crippen molar-refractivity contribution in [2.45, 2.75) is 19.8 Å². The molecule has 1 rings (SSSR count). The summed E-state index contributed by atoms with van der Waals surface area (Å²) in [5.41, 5.74) is 2.47. The van der Waals surface area contributed by atoms with Gasteiger partial charge in [0.25, 0.3) is 0 Å². The Balaban J connectivity index is 2.56. The van der Waals surface area contributed by atoms with Crippen molar-refractivity contribution in [3.8, 4) is 0 Å². The van der Waals surface area contributed by atoms with E-state index < -0.39 is 0 Å². The van der Waals surface area contributed by atoms with E-state index in [9.17, 15) is 0 Å². The number of hydrogen-bond donors (Lipinski definition) is 1. The summed E-state index contributed by atoms with van der Waals surface area (Å²) in [7, 11) is 0. The molecule has 1 aromatic rings. The largest absolute Gasteiger partial charge is 0.261 e. The van der Waals surface area contributed by atoms with E-state index in [1.165, 1.54) is 11.3 Å². The Labute approximate surface area is 73.3 Å². The first-order valence-electron chi connectivity index (χ1n) is 3.85. The van der Waals surface area contributed by atoms with E-state index in [4.69, 9.17) is 0 Å². The van der Waals surface area contributed by atoms with Crippen LogP contribution in [0.5, 0.6) is 0 Å². The van der Waals surface area contributed by atoms with E-state index in [0.29, 0.717) is 0 Å². The Morgan fingerprint density at radius 3 is 3.00 bits per heavy atom. The molecule has 0 aliphatic heterocycles. The predicted molar refractivity (Wildman–Crippen MR) is 51.1 cm³/mol. The van der Waals surface area contributed by atoms with Crippen LogP contribution in [0.2, 0.25) is 0 Å². The molecular formula is C9H13NS. The van der Waals surface area contributed by atoms with Crippen LogP contribution < -0.4 is 0 Å². The molecule has 1 heterocycles. The van der Waals surface area contributed by atoms with Crippen LogP contribution >= 0.6 is 12.6 Å². The predicted octanol–water partition coefficient (Wildman–Crippen LogP) is 2.25. The van der Waals surface area contributed by atoms with Crippen molar-refractivity contribution in [1.29, 1.82) is 0 Å². The molecule has 0 aliphatic rings. The Bertz CT molecular complexity index is 223. The van der Waals surface area contributed by atoms with E-state index in [0.717, 1.165) is 18.6 Å². The highest BCUT2D eigenvalue weighted by Crippen LogP contribution is 2.02. The average Bonchev–Trinajstić information content (AvgIpc) is 2.01. The van der Waals surface area contributed by atoms with Crippen molar-refractivity contribution in [2.24, 2.45) is 0 Å². The zero-order valence-electron chi connectivity index (χ0n) is 6.75. The van der Waals surface area contributed by atoms with Crippen LogP contribution in [0.3, 0.4) is 0 Å². The van der Waals surface area contributed by atoms with Gasteiger partial charge in [-0.15, -0.1) is 0 Å². The minimum Gasteiger partial charge on any atom is -0.261 e. The van der Waals surface area contributed by atoms with Crippen LogP contribution in [0.15, 0.2) is 18.3 Å². The van der Waals surface area contributed by atoms with Gasteiger partial charge in [-0.3, -0.25) is 4.98 Å². The van der Waals surface area contributed by atoms with Crippen molar-refractivity contribution in [3.05, 3.63) is 29.6 Å². The molecule has 1 aromatic heterocycles. The molecule has 0 aromatic carbocycles. The molecular weight excluding hydrogens is 154 g/mol.